The van der Waals surface area contributed by atoms with Crippen LogP contribution in [0.1, 0.15) is 64.4 Å². The summed E-state index contributed by atoms with van der Waals surface area (Å²) in [5, 5.41) is 14.5. The van der Waals surface area contributed by atoms with Crippen LogP contribution >= 0.6 is 0 Å². The van der Waals surface area contributed by atoms with Gasteiger partial charge in [0.15, 0.2) is 5.78 Å². The van der Waals surface area contributed by atoms with E-state index in [0.717, 1.165) is 68.6 Å². The van der Waals surface area contributed by atoms with Crippen molar-refractivity contribution in [1.82, 2.24) is 9.78 Å². The first-order valence-electron chi connectivity index (χ1n) is 12.6. The zero-order valence-electron chi connectivity index (χ0n) is 19.8. The van der Waals surface area contributed by atoms with Gasteiger partial charge in [0, 0.05) is 17.5 Å². The molecule has 0 spiro atoms. The van der Waals surface area contributed by atoms with E-state index in [1.807, 2.05) is 6.92 Å². The molecule has 1 aromatic heterocycles. The Kier molecular flexibility index (Phi) is 4.81. The van der Waals surface area contributed by atoms with Gasteiger partial charge in [0.1, 0.15) is 0 Å². The van der Waals surface area contributed by atoms with Gasteiger partial charge in [-0.1, -0.05) is 18.6 Å². The molecule has 2 bridgehead atoms. The zero-order valence-corrected chi connectivity index (χ0v) is 19.8. The maximum Gasteiger partial charge on any atom is 0.419 e. The molecule has 1 aliphatic heterocycles. The maximum atomic E-state index is 13.3. The number of ketones is 1. The minimum Gasteiger partial charge on any atom is -0.390 e. The lowest BCUT2D eigenvalue weighted by Gasteiger charge is -2.56. The molecule has 34 heavy (non-hydrogen) atoms. The van der Waals surface area contributed by atoms with Gasteiger partial charge in [0.2, 0.25) is 0 Å². The predicted octanol–water partition coefficient (Wildman–Crippen LogP) is 4.79. The molecule has 186 valence electrons. The molecule has 4 fully saturated rings. The number of Topliss-reactive ketones (excluding diaryl/α,β-unsaturated/α-hetero) is 1. The second-order valence-electron chi connectivity index (χ2n) is 12.2. The lowest BCUT2D eigenvalue weighted by molar-refractivity contribution is -0.138. The van der Waals surface area contributed by atoms with Crippen LogP contribution in [0, 0.1) is 34.5 Å². The summed E-state index contributed by atoms with van der Waals surface area (Å²) in [7, 11) is 0. The number of aliphatic hydroxyl groups is 1. The van der Waals surface area contributed by atoms with Gasteiger partial charge < -0.3 is 9.84 Å². The number of fused-ring (bicyclic) bond motifs is 3. The molecule has 2 heterocycles. The van der Waals surface area contributed by atoms with Crippen LogP contribution in [0.2, 0.25) is 0 Å². The van der Waals surface area contributed by atoms with Crippen LogP contribution in [0.25, 0.3) is 0 Å². The summed E-state index contributed by atoms with van der Waals surface area (Å²) in [4.78, 5) is 13.3. The van der Waals surface area contributed by atoms with Gasteiger partial charge in [-0.2, -0.15) is 18.3 Å². The normalized spacial score (nSPS) is 45.4. The minimum absolute atomic E-state index is 0.0153. The molecule has 5 aliphatic rings. The number of allylic oxidation sites excluding steroid dienone is 1. The van der Waals surface area contributed by atoms with Crippen LogP contribution in [0.5, 0.6) is 0 Å². The number of carbonyl (C=O) groups is 1. The third-order valence-electron chi connectivity index (χ3n) is 10.3. The van der Waals surface area contributed by atoms with E-state index in [9.17, 15) is 23.1 Å². The van der Waals surface area contributed by atoms with Crippen molar-refractivity contribution in [3.05, 3.63) is 29.6 Å². The van der Waals surface area contributed by atoms with Gasteiger partial charge in [0.25, 0.3) is 0 Å². The van der Waals surface area contributed by atoms with Gasteiger partial charge in [-0.25, -0.2) is 0 Å². The van der Waals surface area contributed by atoms with E-state index in [1.54, 1.807) is 0 Å². The van der Waals surface area contributed by atoms with Gasteiger partial charge >= 0.3 is 6.18 Å². The Labute approximate surface area is 197 Å². The largest absolute Gasteiger partial charge is 0.419 e. The molecule has 5 nitrogen and oxygen atoms in total. The molecule has 0 aromatic carbocycles. The van der Waals surface area contributed by atoms with Gasteiger partial charge in [-0.05, 0) is 75.0 Å². The Balaban J connectivity index is 1.25. The number of ether oxygens (including phenoxy) is 1. The number of rotatable bonds is 3. The smallest absolute Gasteiger partial charge is 0.390 e. The third kappa shape index (κ3) is 3.20. The fourth-order valence-electron chi connectivity index (χ4n) is 8.59. The molecule has 4 aliphatic carbocycles. The summed E-state index contributed by atoms with van der Waals surface area (Å²) in [6, 6.07) is 0. The summed E-state index contributed by atoms with van der Waals surface area (Å²) < 4.78 is 46.3. The van der Waals surface area contributed by atoms with E-state index >= 15 is 0 Å². The number of carbonyl (C=O) groups excluding carboxylic acids is 1. The molecule has 1 unspecified atom stereocenters. The molecular weight excluding hydrogens is 445 g/mol. The zero-order chi connectivity index (χ0) is 24.1. The Bertz CT molecular complexity index is 1050. The van der Waals surface area contributed by atoms with E-state index in [2.05, 4.69) is 18.1 Å². The first-order chi connectivity index (χ1) is 15.9. The number of halogens is 3. The molecule has 3 saturated carbocycles. The van der Waals surface area contributed by atoms with Crippen LogP contribution < -0.4 is 0 Å². The molecule has 8 heteroatoms. The summed E-state index contributed by atoms with van der Waals surface area (Å²) >= 11 is 0. The second-order valence-corrected chi connectivity index (χ2v) is 12.2. The summed E-state index contributed by atoms with van der Waals surface area (Å²) in [6.45, 7) is 4.79. The van der Waals surface area contributed by atoms with E-state index in [-0.39, 0.29) is 35.2 Å². The quantitative estimate of drug-likeness (QED) is 0.635. The minimum atomic E-state index is -4.46. The van der Waals surface area contributed by atoms with Crippen LogP contribution in [-0.4, -0.2) is 39.0 Å². The number of nitrogens with zero attached hydrogens (tertiary/aromatic N) is 2. The highest BCUT2D eigenvalue weighted by Crippen LogP contribution is 2.68. The molecule has 1 N–H and O–H groups in total. The molecule has 8 atom stereocenters. The number of alkyl halides is 3. The first-order valence-corrected chi connectivity index (χ1v) is 12.6. The summed E-state index contributed by atoms with van der Waals surface area (Å²) in [5.41, 5.74) is -0.0883. The van der Waals surface area contributed by atoms with E-state index < -0.39 is 17.3 Å². The Morgan fingerprint density at radius 2 is 2.06 bits per heavy atom. The molecule has 1 aromatic rings. The van der Waals surface area contributed by atoms with Crippen molar-refractivity contribution in [2.45, 2.75) is 83.2 Å². The van der Waals surface area contributed by atoms with Crippen molar-refractivity contribution in [3.63, 3.8) is 0 Å². The molecular formula is C26H33F3N2O3. The Hall–Kier alpha value is -1.67. The number of hydrogen-bond acceptors (Lipinski definition) is 4. The average molecular weight is 479 g/mol. The standard InChI is InChI=1S/C26H33F3N2O3/c1-23(33)7-8-25-14-34-22(20(25)10-23)9-16-17-3-4-19(24(17,2)6-5-18(16)25)21(32)13-31-12-15(11-30-31)26(27,28)29/h5,11-12,16-17,19-20,22,33H,3-4,6-10,13-14H2,1-2H3/t16-,17-,19+,20?,22+,23+,24-,25-/m0/s1. The van der Waals surface area contributed by atoms with Crippen molar-refractivity contribution in [3.8, 4) is 0 Å². The summed E-state index contributed by atoms with van der Waals surface area (Å²) in [6.07, 6.45) is 5.86. The third-order valence-corrected chi connectivity index (χ3v) is 10.3. The van der Waals surface area contributed by atoms with Crippen LogP contribution in [0.15, 0.2) is 24.0 Å². The van der Waals surface area contributed by atoms with Crippen LogP contribution in [-0.2, 0) is 22.3 Å². The predicted molar refractivity (Wildman–Crippen MR) is 118 cm³/mol. The fourth-order valence-corrected chi connectivity index (χ4v) is 8.59. The average Bonchev–Trinajstić information content (AvgIpc) is 3.41. The topological polar surface area (TPSA) is 64.3 Å². The molecule has 1 saturated heterocycles. The fraction of sp³-hybridized carbons (Fsp3) is 0.769. The number of aromatic nitrogens is 2. The lowest BCUT2D eigenvalue weighted by Crippen LogP contribution is -2.53. The lowest BCUT2D eigenvalue weighted by atomic mass is 9.47. The highest BCUT2D eigenvalue weighted by Gasteiger charge is 2.65. The van der Waals surface area contributed by atoms with E-state index in [1.165, 1.54) is 5.57 Å². The summed E-state index contributed by atoms with van der Waals surface area (Å²) in [5.74, 6) is 0.955. The van der Waals surface area contributed by atoms with E-state index in [0.29, 0.717) is 17.8 Å². The second kappa shape index (κ2) is 7.19. The highest BCUT2D eigenvalue weighted by atomic mass is 19.4. The van der Waals surface area contributed by atoms with Crippen LogP contribution in [0.3, 0.4) is 0 Å². The van der Waals surface area contributed by atoms with Crippen LogP contribution in [0.4, 0.5) is 13.2 Å². The van der Waals surface area contributed by atoms with Crippen molar-refractivity contribution < 1.29 is 27.8 Å². The van der Waals surface area contributed by atoms with Gasteiger partial charge in [-0.3, -0.25) is 9.48 Å². The van der Waals surface area contributed by atoms with Gasteiger partial charge in [0.05, 0.1) is 36.6 Å². The van der Waals surface area contributed by atoms with Crippen molar-refractivity contribution in [2.24, 2.45) is 34.5 Å². The highest BCUT2D eigenvalue weighted by molar-refractivity contribution is 5.82. The number of hydrogen-bond donors (Lipinski definition) is 1. The SMILES string of the molecule is C[C@@]1(O)CC[C@]23CO[C@H](C[C@@H]4C2=CC[C@]2(C)[C@@H](C(=O)Cn5cc(C(F)(F)F)cn5)CC[C@@H]42)C3C1. The molecule has 0 radical (unpaired) electrons. The monoisotopic (exact) mass is 478 g/mol. The van der Waals surface area contributed by atoms with Crippen molar-refractivity contribution in [1.29, 1.82) is 0 Å². The maximum absolute atomic E-state index is 13.3. The molecule has 0 amide bonds. The Morgan fingerprint density at radius 1 is 1.26 bits per heavy atom. The van der Waals surface area contributed by atoms with Crippen molar-refractivity contribution in [2.75, 3.05) is 6.61 Å². The van der Waals surface area contributed by atoms with Crippen molar-refractivity contribution >= 4 is 5.78 Å². The van der Waals surface area contributed by atoms with E-state index in [4.69, 9.17) is 4.74 Å². The molecule has 6 rings (SSSR count). The Morgan fingerprint density at radius 3 is 2.79 bits per heavy atom. The first kappa shape index (κ1) is 22.8. The van der Waals surface area contributed by atoms with Gasteiger partial charge in [-0.15, -0.1) is 0 Å².